The van der Waals surface area contributed by atoms with Crippen molar-refractivity contribution in [3.63, 3.8) is 0 Å². The number of guanidine groups is 1. The van der Waals surface area contributed by atoms with Gasteiger partial charge in [0.05, 0.1) is 18.1 Å². The zero-order chi connectivity index (χ0) is 22.9. The number of carboxylic acid groups (broad SMARTS) is 1. The fraction of sp³-hybridized carbons (Fsp3) is 0.263. The van der Waals surface area contributed by atoms with Crippen LogP contribution in [0, 0.1) is 8.98 Å². The van der Waals surface area contributed by atoms with E-state index in [4.69, 9.17) is 20.7 Å². The van der Waals surface area contributed by atoms with Gasteiger partial charge in [0, 0.05) is 9.99 Å². The highest BCUT2D eigenvalue weighted by atomic mass is 127. The monoisotopic (exact) mass is 562 g/mol. The Labute approximate surface area is 193 Å². The lowest BCUT2D eigenvalue weighted by molar-refractivity contribution is -0.138. The van der Waals surface area contributed by atoms with E-state index >= 15 is 0 Å². The molecule has 0 saturated heterocycles. The minimum absolute atomic E-state index is 0.00500. The molecule has 12 heteroatoms. The van der Waals surface area contributed by atoms with Gasteiger partial charge in [0.25, 0.3) is 0 Å². The van der Waals surface area contributed by atoms with Gasteiger partial charge < -0.3 is 15.6 Å². The fourth-order valence-electron chi connectivity index (χ4n) is 2.46. The summed E-state index contributed by atoms with van der Waals surface area (Å²) in [6.45, 7) is 0.672. The maximum absolute atomic E-state index is 12.5. The van der Waals surface area contributed by atoms with Crippen LogP contribution in [0.4, 0.5) is 0 Å². The molecule has 6 N–H and O–H groups in total. The van der Waals surface area contributed by atoms with Gasteiger partial charge in [-0.1, -0.05) is 12.1 Å². The van der Waals surface area contributed by atoms with Crippen molar-refractivity contribution in [3.05, 3.63) is 57.7 Å². The number of halogens is 1. The summed E-state index contributed by atoms with van der Waals surface area (Å²) in [5, 5.41) is 16.4. The van der Waals surface area contributed by atoms with E-state index in [2.05, 4.69) is 32.8 Å². The summed E-state index contributed by atoms with van der Waals surface area (Å²) in [6.07, 6.45) is 0.535. The van der Waals surface area contributed by atoms with Crippen LogP contribution in [0.3, 0.4) is 0 Å². The average Bonchev–Trinajstić information content (AvgIpc) is 2.71. The molecule has 2 aromatic carbocycles. The molecule has 0 aliphatic carbocycles. The van der Waals surface area contributed by atoms with Gasteiger partial charge in [0.15, 0.2) is 0 Å². The lowest BCUT2D eigenvalue weighted by atomic mass is 10.1. The second-order valence-corrected chi connectivity index (χ2v) is 9.34. The Morgan fingerprint density at radius 2 is 1.77 bits per heavy atom. The van der Waals surface area contributed by atoms with Gasteiger partial charge in [-0.05, 0) is 71.0 Å². The van der Waals surface area contributed by atoms with E-state index in [1.165, 1.54) is 12.1 Å². The number of hydrogen-bond donors (Lipinski definition) is 5. The molecule has 31 heavy (non-hydrogen) atoms. The number of nitrogens with two attached hydrogens (primary N) is 1. The Morgan fingerprint density at radius 1 is 1.13 bits per heavy atom. The number of hydrogen-bond acceptors (Lipinski definition) is 6. The van der Waals surface area contributed by atoms with Gasteiger partial charge in [-0.2, -0.15) is 4.72 Å². The maximum atomic E-state index is 12.5. The van der Waals surface area contributed by atoms with Gasteiger partial charge in [0.1, 0.15) is 11.8 Å². The van der Waals surface area contributed by atoms with Crippen LogP contribution >= 0.6 is 22.6 Å². The van der Waals surface area contributed by atoms with Crippen molar-refractivity contribution in [2.75, 3.05) is 13.2 Å². The molecule has 2 rings (SSSR count). The van der Waals surface area contributed by atoms with Gasteiger partial charge >= 0.3 is 5.97 Å². The van der Waals surface area contributed by atoms with Gasteiger partial charge in [-0.25, -0.2) is 13.9 Å². The number of hydroxylamine groups is 1. The van der Waals surface area contributed by atoms with Crippen molar-refractivity contribution < 1.29 is 27.9 Å². The average molecular weight is 562 g/mol. The zero-order valence-electron chi connectivity index (χ0n) is 16.4. The van der Waals surface area contributed by atoms with Crippen LogP contribution in [0.25, 0.3) is 0 Å². The van der Waals surface area contributed by atoms with E-state index in [1.807, 2.05) is 0 Å². The molecular formula is C19H23IN4O6S. The highest BCUT2D eigenvalue weighted by molar-refractivity contribution is 14.1. The van der Waals surface area contributed by atoms with Crippen LogP contribution in [0.1, 0.15) is 12.0 Å². The van der Waals surface area contributed by atoms with Crippen LogP contribution in [-0.2, 0) is 26.1 Å². The number of rotatable bonds is 12. The van der Waals surface area contributed by atoms with Crippen LogP contribution in [0.15, 0.2) is 53.4 Å². The molecule has 10 nitrogen and oxygen atoms in total. The van der Waals surface area contributed by atoms with Crippen LogP contribution in [0.2, 0.25) is 0 Å². The third kappa shape index (κ3) is 8.69. The van der Waals surface area contributed by atoms with Crippen molar-refractivity contribution in [1.29, 1.82) is 5.41 Å². The Kier molecular flexibility index (Phi) is 9.48. The second-order valence-electron chi connectivity index (χ2n) is 6.38. The predicted octanol–water partition coefficient (Wildman–Crippen LogP) is 1.45. The number of ether oxygens (including phenoxy) is 1. The lowest BCUT2D eigenvalue weighted by Crippen LogP contribution is -2.42. The number of carbonyl (C=O) groups is 1. The first-order valence-corrected chi connectivity index (χ1v) is 11.7. The SMILES string of the molecule is N=C(N)NOCCCOc1ccc(C[C@H](NS(=O)(=O)c2ccc(I)cc2)C(=O)O)cc1. The van der Waals surface area contributed by atoms with E-state index in [-0.39, 0.29) is 17.3 Å². The summed E-state index contributed by atoms with van der Waals surface area (Å²) < 4.78 is 33.7. The molecule has 0 aromatic heterocycles. The third-order valence-electron chi connectivity index (χ3n) is 3.92. The van der Waals surface area contributed by atoms with Gasteiger partial charge in [-0.3, -0.25) is 15.0 Å². The summed E-state index contributed by atoms with van der Waals surface area (Å²) in [5.74, 6) is -0.972. The highest BCUT2D eigenvalue weighted by Gasteiger charge is 2.25. The van der Waals surface area contributed by atoms with Crippen LogP contribution in [0.5, 0.6) is 5.75 Å². The van der Waals surface area contributed by atoms with Gasteiger partial charge in [0.2, 0.25) is 16.0 Å². The van der Waals surface area contributed by atoms with E-state index in [9.17, 15) is 18.3 Å². The summed E-state index contributed by atoms with van der Waals surface area (Å²) in [5.41, 5.74) is 7.93. The molecular weight excluding hydrogens is 539 g/mol. The number of aliphatic carboxylic acids is 1. The normalized spacial score (nSPS) is 12.2. The van der Waals surface area contributed by atoms with E-state index in [0.717, 1.165) is 3.57 Å². The minimum Gasteiger partial charge on any atom is -0.494 e. The van der Waals surface area contributed by atoms with Crippen molar-refractivity contribution in [2.24, 2.45) is 5.73 Å². The van der Waals surface area contributed by atoms with E-state index in [1.54, 1.807) is 36.4 Å². The molecule has 0 aliphatic rings. The number of sulfonamides is 1. The van der Waals surface area contributed by atoms with E-state index < -0.39 is 22.0 Å². The molecule has 0 aliphatic heterocycles. The molecule has 0 unspecified atom stereocenters. The first-order valence-electron chi connectivity index (χ1n) is 9.11. The second kappa shape index (κ2) is 11.8. The molecule has 2 aromatic rings. The summed E-state index contributed by atoms with van der Waals surface area (Å²) >= 11 is 2.05. The summed E-state index contributed by atoms with van der Waals surface area (Å²) in [6, 6.07) is 11.5. The van der Waals surface area contributed by atoms with Crippen LogP contribution in [-0.4, -0.2) is 44.7 Å². The minimum atomic E-state index is -3.97. The molecule has 1 atom stereocenters. The zero-order valence-corrected chi connectivity index (χ0v) is 19.4. The number of nitrogens with one attached hydrogen (secondary N) is 3. The van der Waals surface area contributed by atoms with E-state index in [0.29, 0.717) is 30.9 Å². The molecule has 0 heterocycles. The molecule has 0 saturated carbocycles. The molecule has 0 spiro atoms. The summed E-state index contributed by atoms with van der Waals surface area (Å²) in [7, 11) is -3.97. The first kappa shape index (κ1) is 24.8. The number of carboxylic acids is 1. The third-order valence-corrected chi connectivity index (χ3v) is 6.13. The largest absolute Gasteiger partial charge is 0.494 e. The molecule has 0 fully saturated rings. The molecule has 0 radical (unpaired) electrons. The van der Waals surface area contributed by atoms with Crippen LogP contribution < -0.4 is 20.7 Å². The predicted molar refractivity (Wildman–Crippen MR) is 122 cm³/mol. The fourth-order valence-corrected chi connectivity index (χ4v) is 4.00. The van der Waals surface area contributed by atoms with Crippen molar-refractivity contribution in [3.8, 4) is 5.75 Å². The Morgan fingerprint density at radius 3 is 2.35 bits per heavy atom. The maximum Gasteiger partial charge on any atom is 0.322 e. The number of benzene rings is 2. The van der Waals surface area contributed by atoms with Crippen molar-refractivity contribution >= 4 is 44.5 Å². The topological polar surface area (TPSA) is 164 Å². The standard InChI is InChI=1S/C19H23IN4O6S/c20-14-4-8-16(9-5-14)31(27,28)24-17(18(25)26)12-13-2-6-15(7-3-13)29-10-1-11-30-23-19(21)22/h2-9,17,24H,1,10-12H2,(H,25,26)(H4,21,22,23)/t17-/m0/s1. The smallest absolute Gasteiger partial charge is 0.322 e. The lowest BCUT2D eigenvalue weighted by Gasteiger charge is -2.15. The van der Waals surface area contributed by atoms with Crippen molar-refractivity contribution in [2.45, 2.75) is 23.8 Å². The highest BCUT2D eigenvalue weighted by Crippen LogP contribution is 2.16. The molecule has 168 valence electrons. The molecule has 0 bridgehead atoms. The Hall–Kier alpha value is -2.42. The first-order chi connectivity index (χ1) is 14.7. The Balaban J connectivity index is 1.90. The quantitative estimate of drug-likeness (QED) is 0.0853. The summed E-state index contributed by atoms with van der Waals surface area (Å²) in [4.78, 5) is 16.5. The van der Waals surface area contributed by atoms with Crippen molar-refractivity contribution in [1.82, 2.24) is 10.2 Å². The molecule has 0 amide bonds. The van der Waals surface area contributed by atoms with Gasteiger partial charge in [-0.15, -0.1) is 0 Å². The Bertz CT molecular complexity index is 983.